The number of unbranched alkanes of at least 4 members (excludes halogenated alkanes) is 2. The van der Waals surface area contributed by atoms with E-state index in [1.807, 2.05) is 37.7 Å². The number of rotatable bonds is 11. The number of nitrogens with zero attached hydrogens (tertiary/aromatic N) is 1. The summed E-state index contributed by atoms with van der Waals surface area (Å²) in [7, 11) is 4.14. The van der Waals surface area contributed by atoms with Gasteiger partial charge in [-0.3, -0.25) is 5.32 Å². The third-order valence-corrected chi connectivity index (χ3v) is 9.52. The number of benzene rings is 2. The van der Waals surface area contributed by atoms with E-state index in [1.165, 1.54) is 23.3 Å². The predicted octanol–water partition coefficient (Wildman–Crippen LogP) is 6.66. The fraction of sp³-hybridized carbons (Fsp3) is 0.618. The largest absolute Gasteiger partial charge is 0.394 e. The van der Waals surface area contributed by atoms with Crippen molar-refractivity contribution < 1.29 is 19.7 Å². The average molecular weight is 615 g/mol. The lowest BCUT2D eigenvalue weighted by Gasteiger charge is -2.37. The number of carbonyl (C=O) groups is 1. The summed E-state index contributed by atoms with van der Waals surface area (Å²) in [5.41, 5.74) is 4.23. The van der Waals surface area contributed by atoms with Crippen molar-refractivity contribution in [2.75, 3.05) is 36.7 Å². The molecule has 0 saturated carbocycles. The summed E-state index contributed by atoms with van der Waals surface area (Å²) in [5, 5.41) is 29.5. The van der Waals surface area contributed by atoms with E-state index >= 15 is 0 Å². The number of aliphatic hydroxyl groups excluding tert-OH is 2. The summed E-state index contributed by atoms with van der Waals surface area (Å²) in [5.74, 6) is 1.03. The minimum absolute atomic E-state index is 0.0157. The minimum Gasteiger partial charge on any atom is -0.394 e. The summed E-state index contributed by atoms with van der Waals surface area (Å²) in [4.78, 5) is 16.3. The molecule has 8 nitrogen and oxygen atoms in total. The van der Waals surface area contributed by atoms with Gasteiger partial charge in [-0.25, -0.2) is 4.79 Å². The van der Waals surface area contributed by atoms with Crippen molar-refractivity contribution in [3.8, 4) is 0 Å². The van der Waals surface area contributed by atoms with Crippen LogP contribution in [0.3, 0.4) is 0 Å². The molecule has 2 aromatic carbocycles. The number of amides is 2. The van der Waals surface area contributed by atoms with E-state index in [4.69, 9.17) is 4.74 Å². The second-order valence-corrected chi connectivity index (χ2v) is 12.8. The maximum absolute atomic E-state index is 12.9. The number of fused-ring (bicyclic) bond motifs is 1. The maximum atomic E-state index is 12.9. The van der Waals surface area contributed by atoms with Crippen molar-refractivity contribution in [2.45, 2.75) is 114 Å². The first-order valence-electron chi connectivity index (χ1n) is 16.1. The Morgan fingerprint density at radius 2 is 1.81 bits per heavy atom. The average Bonchev–Trinajstić information content (AvgIpc) is 3.17. The SMILES string of the molecule is CC.CCCCC1(CCCC)CSc2ccc(N(C)C)cc2[C@@H](c2cccc(NC(=O)N[C@H]3CC(O)CC(CO)O3)c2)N1. The molecule has 4 rings (SSSR count). The summed E-state index contributed by atoms with van der Waals surface area (Å²) < 4.78 is 5.71. The molecule has 1 saturated heterocycles. The Kier molecular flexibility index (Phi) is 14.1. The van der Waals surface area contributed by atoms with Crippen molar-refractivity contribution in [3.63, 3.8) is 0 Å². The van der Waals surface area contributed by atoms with Crippen molar-refractivity contribution in [1.82, 2.24) is 10.6 Å². The molecule has 43 heavy (non-hydrogen) atoms. The fourth-order valence-corrected chi connectivity index (χ4v) is 7.14. The highest BCUT2D eigenvalue weighted by molar-refractivity contribution is 7.99. The summed E-state index contributed by atoms with van der Waals surface area (Å²) in [6.07, 6.45) is 5.83. The monoisotopic (exact) mass is 614 g/mol. The van der Waals surface area contributed by atoms with Crippen LogP contribution in [0.2, 0.25) is 0 Å². The summed E-state index contributed by atoms with van der Waals surface area (Å²) in [6, 6.07) is 14.4. The van der Waals surface area contributed by atoms with E-state index in [0.29, 0.717) is 12.1 Å². The lowest BCUT2D eigenvalue weighted by molar-refractivity contribution is -0.117. The summed E-state index contributed by atoms with van der Waals surface area (Å²) in [6.45, 7) is 8.33. The van der Waals surface area contributed by atoms with Crippen LogP contribution in [0.25, 0.3) is 0 Å². The third-order valence-electron chi connectivity index (χ3n) is 8.14. The first-order chi connectivity index (χ1) is 20.8. The number of ether oxygens (including phenoxy) is 1. The highest BCUT2D eigenvalue weighted by Gasteiger charge is 2.36. The molecule has 0 aromatic heterocycles. The number of aliphatic hydroxyl groups is 2. The molecule has 2 aromatic rings. The van der Waals surface area contributed by atoms with Gasteiger partial charge in [-0.1, -0.05) is 65.5 Å². The number of urea groups is 1. The zero-order valence-electron chi connectivity index (χ0n) is 27.0. The Hall–Kier alpha value is -2.30. The van der Waals surface area contributed by atoms with Gasteiger partial charge in [0.1, 0.15) is 6.23 Å². The fourth-order valence-electron chi connectivity index (χ4n) is 5.83. The first-order valence-corrected chi connectivity index (χ1v) is 17.1. The number of carbonyl (C=O) groups excluding carboxylic acids is 1. The minimum atomic E-state index is -0.659. The van der Waals surface area contributed by atoms with Crippen LogP contribution in [0.5, 0.6) is 0 Å². The van der Waals surface area contributed by atoms with Gasteiger partial charge in [0.05, 0.1) is 24.9 Å². The Morgan fingerprint density at radius 3 is 2.47 bits per heavy atom. The van der Waals surface area contributed by atoms with Gasteiger partial charge in [0, 0.05) is 54.5 Å². The number of nitrogens with one attached hydrogen (secondary N) is 3. The zero-order chi connectivity index (χ0) is 31.4. The molecule has 0 radical (unpaired) electrons. The number of hydrogen-bond acceptors (Lipinski definition) is 7. The van der Waals surface area contributed by atoms with Crippen LogP contribution in [0.15, 0.2) is 47.4 Å². The van der Waals surface area contributed by atoms with Crippen molar-refractivity contribution in [2.24, 2.45) is 0 Å². The van der Waals surface area contributed by atoms with Gasteiger partial charge >= 0.3 is 6.03 Å². The van der Waals surface area contributed by atoms with Crippen LogP contribution in [-0.4, -0.2) is 66.7 Å². The van der Waals surface area contributed by atoms with Gasteiger partial charge in [0.15, 0.2) is 0 Å². The molecule has 4 atom stereocenters. The first kappa shape index (κ1) is 35.2. The Bertz CT molecular complexity index is 1140. The highest BCUT2D eigenvalue weighted by Crippen LogP contribution is 2.43. The Labute approximate surface area is 263 Å². The molecular formula is C34H54N4O4S. The molecular weight excluding hydrogens is 560 g/mol. The lowest BCUT2D eigenvalue weighted by atomic mass is 9.86. The van der Waals surface area contributed by atoms with Gasteiger partial charge in [0.2, 0.25) is 0 Å². The molecule has 2 aliphatic heterocycles. The molecule has 0 bridgehead atoms. The quantitative estimate of drug-likeness (QED) is 0.193. The topological polar surface area (TPSA) is 106 Å². The lowest BCUT2D eigenvalue weighted by Crippen LogP contribution is -2.48. The molecule has 240 valence electrons. The number of thioether (sulfide) groups is 1. The normalized spacial score (nSPS) is 22.8. The molecule has 2 heterocycles. The van der Waals surface area contributed by atoms with Crippen LogP contribution in [0.4, 0.5) is 16.2 Å². The smallest absolute Gasteiger partial charge is 0.321 e. The van der Waals surface area contributed by atoms with Gasteiger partial charge in [-0.2, -0.15) is 0 Å². The van der Waals surface area contributed by atoms with Gasteiger partial charge in [0.25, 0.3) is 0 Å². The van der Waals surface area contributed by atoms with Crippen LogP contribution < -0.4 is 20.9 Å². The van der Waals surface area contributed by atoms with Crippen LogP contribution >= 0.6 is 11.8 Å². The van der Waals surface area contributed by atoms with Crippen LogP contribution in [0.1, 0.15) is 96.2 Å². The molecule has 0 aliphatic carbocycles. The molecule has 5 N–H and O–H groups in total. The standard InChI is InChI=1S/C32H48N4O4S.C2H6/c1-5-7-14-32(15-8-6-2)21-41-28-13-12-24(36(3)4)17-27(28)30(35-32)22-10-9-11-23(16-22)33-31(39)34-29-19-25(38)18-26(20-37)40-29;1-2/h9-13,16-17,25-26,29-30,35,37-38H,5-8,14-15,18-21H2,1-4H3,(H2,33,34,39);1-2H3/t25?,26?,29-,30-;/m1./s1. The van der Waals surface area contributed by atoms with Crippen LogP contribution in [-0.2, 0) is 4.74 Å². The van der Waals surface area contributed by atoms with E-state index in [2.05, 4.69) is 79.1 Å². The maximum Gasteiger partial charge on any atom is 0.321 e. The summed E-state index contributed by atoms with van der Waals surface area (Å²) >= 11 is 1.96. The number of hydrogen-bond donors (Lipinski definition) is 5. The van der Waals surface area contributed by atoms with Gasteiger partial charge in [-0.15, -0.1) is 11.8 Å². The zero-order valence-corrected chi connectivity index (χ0v) is 27.8. The van der Waals surface area contributed by atoms with Crippen molar-refractivity contribution in [3.05, 3.63) is 53.6 Å². The van der Waals surface area contributed by atoms with Crippen molar-refractivity contribution >= 4 is 29.2 Å². The highest BCUT2D eigenvalue weighted by atomic mass is 32.2. The van der Waals surface area contributed by atoms with E-state index in [1.54, 1.807) is 0 Å². The second-order valence-electron chi connectivity index (χ2n) is 11.7. The molecule has 9 heteroatoms. The molecule has 2 aliphatic rings. The predicted molar refractivity (Wildman–Crippen MR) is 179 cm³/mol. The van der Waals surface area contributed by atoms with E-state index < -0.39 is 24.5 Å². The van der Waals surface area contributed by atoms with Crippen molar-refractivity contribution in [1.29, 1.82) is 0 Å². The molecule has 2 amide bonds. The number of anilines is 2. The Morgan fingerprint density at radius 1 is 1.09 bits per heavy atom. The van der Waals surface area contributed by atoms with E-state index in [-0.39, 0.29) is 24.6 Å². The Balaban J connectivity index is 0.00000248. The van der Waals surface area contributed by atoms with Crippen LogP contribution in [0, 0.1) is 0 Å². The van der Waals surface area contributed by atoms with E-state index in [0.717, 1.165) is 42.7 Å². The second kappa shape index (κ2) is 17.3. The van der Waals surface area contributed by atoms with Gasteiger partial charge < -0.3 is 30.5 Å². The molecule has 0 spiro atoms. The third kappa shape index (κ3) is 9.85. The van der Waals surface area contributed by atoms with E-state index in [9.17, 15) is 15.0 Å². The van der Waals surface area contributed by atoms with Gasteiger partial charge in [-0.05, 0) is 54.3 Å². The molecule has 2 unspecified atom stereocenters. The molecule has 1 fully saturated rings.